The van der Waals surface area contributed by atoms with E-state index in [2.05, 4.69) is 114 Å². The number of hydrogen-bond acceptors (Lipinski definition) is 4. The quantitative estimate of drug-likeness (QED) is 0.209. The van der Waals surface area contributed by atoms with Crippen LogP contribution in [0, 0.1) is 0 Å². The van der Waals surface area contributed by atoms with Gasteiger partial charge in [0.25, 0.3) is 0 Å². The third-order valence-corrected chi connectivity index (χ3v) is 9.86. The molecule has 0 spiro atoms. The molecule has 4 heterocycles. The van der Waals surface area contributed by atoms with E-state index in [1.54, 1.807) is 0 Å². The molecule has 6 aromatic carbocycles. The smallest absolute Gasteiger partial charge is 0.246 e. The number of hydrogen-bond donors (Lipinski definition) is 0. The van der Waals surface area contributed by atoms with Crippen molar-refractivity contribution in [3.05, 3.63) is 128 Å². The van der Waals surface area contributed by atoms with E-state index in [9.17, 15) is 0 Å². The Kier molecular flexibility index (Phi) is 4.57. The number of furan rings is 1. The van der Waals surface area contributed by atoms with E-state index in [1.807, 2.05) is 29.7 Å². The molecule has 43 heavy (non-hydrogen) atoms. The minimum absolute atomic E-state index is 0.554. The minimum atomic E-state index is 0.554. The highest BCUT2D eigenvalue weighted by atomic mass is 32.1. The Balaban J connectivity index is 1.19. The van der Waals surface area contributed by atoms with Crippen molar-refractivity contribution in [2.45, 2.75) is 0 Å². The first-order valence-electron chi connectivity index (χ1n) is 14.3. The van der Waals surface area contributed by atoms with Crippen LogP contribution in [0.25, 0.3) is 91.9 Å². The lowest BCUT2D eigenvalue weighted by atomic mass is 10.1. The summed E-state index contributed by atoms with van der Waals surface area (Å²) in [4.78, 5) is 9.85. The largest absolute Gasteiger partial charge is 0.436 e. The molecule has 0 N–H and O–H groups in total. The first kappa shape index (κ1) is 23.1. The van der Waals surface area contributed by atoms with Gasteiger partial charge in [-0.3, -0.25) is 0 Å². The van der Waals surface area contributed by atoms with E-state index < -0.39 is 0 Å². The van der Waals surface area contributed by atoms with E-state index in [1.165, 1.54) is 42.0 Å². The van der Waals surface area contributed by atoms with Gasteiger partial charge in [0.2, 0.25) is 5.71 Å². The number of thiophene rings is 1. The zero-order chi connectivity index (χ0) is 28.1. The van der Waals surface area contributed by atoms with Gasteiger partial charge in [-0.2, -0.15) is 0 Å². The average molecular weight is 568 g/mol. The molecular formula is C38H21N3OS. The Morgan fingerprint density at radius 3 is 2.42 bits per heavy atom. The Labute approximate surface area is 249 Å². The summed E-state index contributed by atoms with van der Waals surface area (Å²) in [5.74, 6) is 0. The molecule has 0 unspecified atom stereocenters. The van der Waals surface area contributed by atoms with Gasteiger partial charge in [0, 0.05) is 42.2 Å². The van der Waals surface area contributed by atoms with Crippen LogP contribution in [0.3, 0.4) is 0 Å². The van der Waals surface area contributed by atoms with Gasteiger partial charge in [0.05, 0.1) is 28.3 Å². The summed E-state index contributed by atoms with van der Waals surface area (Å²) in [5, 5.41) is 8.49. The van der Waals surface area contributed by atoms with E-state index in [-0.39, 0.29) is 0 Å². The summed E-state index contributed by atoms with van der Waals surface area (Å²) in [6.07, 6.45) is 1.87. The summed E-state index contributed by atoms with van der Waals surface area (Å²) >= 11 is 1.88. The van der Waals surface area contributed by atoms with Gasteiger partial charge < -0.3 is 8.98 Å². The van der Waals surface area contributed by atoms with Crippen LogP contribution in [-0.2, 0) is 0 Å². The summed E-state index contributed by atoms with van der Waals surface area (Å²) in [6, 6.07) is 42.9. The van der Waals surface area contributed by atoms with E-state index in [0.717, 1.165) is 44.2 Å². The second-order valence-electron chi connectivity index (χ2n) is 11.0. The highest BCUT2D eigenvalue weighted by molar-refractivity contribution is 7.26. The lowest BCUT2D eigenvalue weighted by Crippen LogP contribution is -1.95. The van der Waals surface area contributed by atoms with E-state index >= 15 is 0 Å². The van der Waals surface area contributed by atoms with Crippen molar-refractivity contribution >= 4 is 86.3 Å². The molecule has 0 aliphatic carbocycles. The molecule has 0 fully saturated rings. The molecule has 0 aliphatic rings. The zero-order valence-corrected chi connectivity index (χ0v) is 23.6. The topological polar surface area (TPSA) is 43.9 Å². The average Bonchev–Trinajstić information content (AvgIpc) is 3.73. The van der Waals surface area contributed by atoms with Crippen molar-refractivity contribution < 1.29 is 4.42 Å². The van der Waals surface area contributed by atoms with Gasteiger partial charge in [-0.05, 0) is 47.2 Å². The fraction of sp³-hybridized carbons (Fsp3) is 0. The molecule has 10 aromatic rings. The summed E-state index contributed by atoms with van der Waals surface area (Å²) < 4.78 is 11.2. The SMILES string of the molecule is c1cc(-c2cnc3c(n2)oc2ccc4ccccc4c23)cc(-n2c3ccccc3c3c4sc5ccccc5c4ccc32)c1. The van der Waals surface area contributed by atoms with Crippen molar-refractivity contribution in [1.29, 1.82) is 0 Å². The highest BCUT2D eigenvalue weighted by Crippen LogP contribution is 2.43. The molecule has 200 valence electrons. The lowest BCUT2D eigenvalue weighted by molar-refractivity contribution is 0.654. The Bertz CT molecular complexity index is 2750. The van der Waals surface area contributed by atoms with Crippen LogP contribution in [-0.4, -0.2) is 14.5 Å². The number of para-hydroxylation sites is 1. The molecule has 5 heteroatoms. The zero-order valence-electron chi connectivity index (χ0n) is 22.8. The number of benzene rings is 6. The number of rotatable bonds is 2. The van der Waals surface area contributed by atoms with Crippen LogP contribution < -0.4 is 0 Å². The van der Waals surface area contributed by atoms with Gasteiger partial charge in [-0.25, -0.2) is 9.97 Å². The predicted octanol–water partition coefficient (Wildman–Crippen LogP) is 10.7. The molecule has 0 saturated carbocycles. The fourth-order valence-corrected chi connectivity index (χ4v) is 8.02. The molecule has 10 rings (SSSR count). The monoisotopic (exact) mass is 567 g/mol. The molecule has 0 radical (unpaired) electrons. The van der Waals surface area contributed by atoms with E-state index in [0.29, 0.717) is 5.71 Å². The van der Waals surface area contributed by atoms with Crippen LogP contribution in [0.1, 0.15) is 0 Å². The van der Waals surface area contributed by atoms with Gasteiger partial charge in [0.15, 0.2) is 0 Å². The van der Waals surface area contributed by atoms with Crippen molar-refractivity contribution in [1.82, 2.24) is 14.5 Å². The molecular weight excluding hydrogens is 547 g/mol. The van der Waals surface area contributed by atoms with Crippen molar-refractivity contribution in [3.8, 4) is 16.9 Å². The molecule has 0 amide bonds. The Morgan fingerprint density at radius 2 is 1.47 bits per heavy atom. The van der Waals surface area contributed by atoms with Gasteiger partial charge in [-0.1, -0.05) is 84.9 Å². The Morgan fingerprint density at radius 1 is 0.628 bits per heavy atom. The first-order valence-corrected chi connectivity index (χ1v) is 15.1. The van der Waals surface area contributed by atoms with Crippen LogP contribution >= 0.6 is 11.3 Å². The van der Waals surface area contributed by atoms with Gasteiger partial charge in [0.1, 0.15) is 11.1 Å². The maximum atomic E-state index is 6.23. The fourth-order valence-electron chi connectivity index (χ4n) is 6.76. The van der Waals surface area contributed by atoms with Gasteiger partial charge >= 0.3 is 0 Å². The van der Waals surface area contributed by atoms with Crippen LogP contribution in [0.15, 0.2) is 132 Å². The van der Waals surface area contributed by atoms with E-state index in [4.69, 9.17) is 14.4 Å². The second kappa shape index (κ2) is 8.51. The molecule has 4 aromatic heterocycles. The number of fused-ring (bicyclic) bond motifs is 12. The molecule has 0 bridgehead atoms. The number of aromatic nitrogens is 3. The van der Waals surface area contributed by atoms with Crippen LogP contribution in [0.2, 0.25) is 0 Å². The molecule has 0 aliphatic heterocycles. The highest BCUT2D eigenvalue weighted by Gasteiger charge is 2.18. The van der Waals surface area contributed by atoms with Crippen LogP contribution in [0.4, 0.5) is 0 Å². The number of nitrogens with zero attached hydrogens (tertiary/aromatic N) is 3. The standard InChI is InChI=1S/C38H21N3OS/c1-2-11-25-22(8-1)16-19-32-35(25)36-38(42-32)40-29(21-39-36)23-9-7-10-24(20-23)41-30-14-5-3-13-28(30)34-31(41)18-17-27-26-12-4-6-15-33(26)43-37(27)34/h1-21H. The maximum Gasteiger partial charge on any atom is 0.246 e. The molecule has 0 atom stereocenters. The third-order valence-electron chi connectivity index (χ3n) is 8.65. The lowest BCUT2D eigenvalue weighted by Gasteiger charge is -2.10. The molecule has 4 nitrogen and oxygen atoms in total. The minimum Gasteiger partial charge on any atom is -0.436 e. The first-order chi connectivity index (χ1) is 21.3. The maximum absolute atomic E-state index is 6.23. The normalized spacial score (nSPS) is 12.2. The van der Waals surface area contributed by atoms with Crippen molar-refractivity contribution in [3.63, 3.8) is 0 Å². The van der Waals surface area contributed by atoms with Crippen LogP contribution in [0.5, 0.6) is 0 Å². The van der Waals surface area contributed by atoms with Crippen molar-refractivity contribution in [2.75, 3.05) is 0 Å². The third kappa shape index (κ3) is 3.20. The van der Waals surface area contributed by atoms with Crippen molar-refractivity contribution in [2.24, 2.45) is 0 Å². The second-order valence-corrected chi connectivity index (χ2v) is 12.1. The molecule has 0 saturated heterocycles. The van der Waals surface area contributed by atoms with Gasteiger partial charge in [-0.15, -0.1) is 11.3 Å². The Hall–Kier alpha value is -5.52. The summed E-state index contributed by atoms with van der Waals surface area (Å²) in [6.45, 7) is 0. The summed E-state index contributed by atoms with van der Waals surface area (Å²) in [5.41, 5.74) is 7.39. The summed E-state index contributed by atoms with van der Waals surface area (Å²) in [7, 11) is 0. The predicted molar refractivity (Wildman–Crippen MR) is 179 cm³/mol.